The Balaban J connectivity index is 1.71. The zero-order valence-electron chi connectivity index (χ0n) is 16.6. The van der Waals surface area contributed by atoms with Crippen LogP contribution in [0.3, 0.4) is 0 Å². The van der Waals surface area contributed by atoms with Crippen molar-refractivity contribution in [3.63, 3.8) is 0 Å². The molecule has 0 aliphatic rings. The van der Waals surface area contributed by atoms with Crippen LogP contribution in [0.5, 0.6) is 0 Å². The van der Waals surface area contributed by atoms with Crippen LogP contribution in [-0.4, -0.2) is 36.9 Å². The predicted octanol–water partition coefficient (Wildman–Crippen LogP) is 3.02. The molecule has 1 heterocycles. The molecular formula is C23H23FN4O2. The molecule has 0 unspecified atom stereocenters. The van der Waals surface area contributed by atoms with E-state index in [4.69, 9.17) is 0 Å². The SMILES string of the molecule is CNC(=O)CNC(=O)c1cncc(-c2ccccc2NCCc2cccc(F)c2)c1. The summed E-state index contributed by atoms with van der Waals surface area (Å²) in [5, 5.41) is 8.39. The van der Waals surface area contributed by atoms with Crippen LogP contribution in [-0.2, 0) is 11.2 Å². The Morgan fingerprint density at radius 3 is 2.67 bits per heavy atom. The number of para-hydroxylation sites is 1. The van der Waals surface area contributed by atoms with Crippen LogP contribution >= 0.6 is 0 Å². The summed E-state index contributed by atoms with van der Waals surface area (Å²) >= 11 is 0. The number of anilines is 1. The maximum Gasteiger partial charge on any atom is 0.253 e. The first kappa shape index (κ1) is 21.0. The molecule has 1 aromatic heterocycles. The Bertz CT molecular complexity index is 1040. The fraction of sp³-hybridized carbons (Fsp3) is 0.174. The number of hydrogen-bond acceptors (Lipinski definition) is 4. The van der Waals surface area contributed by atoms with Crippen LogP contribution in [0.4, 0.5) is 10.1 Å². The maximum atomic E-state index is 13.3. The summed E-state index contributed by atoms with van der Waals surface area (Å²) in [4.78, 5) is 27.8. The second-order valence-electron chi connectivity index (χ2n) is 6.67. The largest absolute Gasteiger partial charge is 0.384 e. The summed E-state index contributed by atoms with van der Waals surface area (Å²) in [6, 6.07) is 16.0. The summed E-state index contributed by atoms with van der Waals surface area (Å²) in [5.41, 5.74) is 3.84. The van der Waals surface area contributed by atoms with Crippen molar-refractivity contribution in [2.45, 2.75) is 6.42 Å². The molecule has 2 amide bonds. The van der Waals surface area contributed by atoms with Gasteiger partial charge in [-0.3, -0.25) is 14.6 Å². The number of aromatic nitrogens is 1. The van der Waals surface area contributed by atoms with Gasteiger partial charge in [0.05, 0.1) is 12.1 Å². The van der Waals surface area contributed by atoms with E-state index in [2.05, 4.69) is 20.9 Å². The molecule has 3 N–H and O–H groups in total. The van der Waals surface area contributed by atoms with E-state index in [1.54, 1.807) is 18.3 Å². The van der Waals surface area contributed by atoms with Gasteiger partial charge >= 0.3 is 0 Å². The zero-order valence-corrected chi connectivity index (χ0v) is 16.6. The third-order valence-electron chi connectivity index (χ3n) is 4.54. The lowest BCUT2D eigenvalue weighted by molar-refractivity contribution is -0.119. The predicted molar refractivity (Wildman–Crippen MR) is 115 cm³/mol. The van der Waals surface area contributed by atoms with Gasteiger partial charge in [-0.25, -0.2) is 4.39 Å². The lowest BCUT2D eigenvalue weighted by atomic mass is 10.0. The van der Waals surface area contributed by atoms with Crippen LogP contribution in [0.25, 0.3) is 11.1 Å². The van der Waals surface area contributed by atoms with Crippen LogP contribution in [0, 0.1) is 5.82 Å². The second-order valence-corrected chi connectivity index (χ2v) is 6.67. The van der Waals surface area contributed by atoms with Crippen LogP contribution in [0.2, 0.25) is 0 Å². The first-order valence-corrected chi connectivity index (χ1v) is 9.58. The molecule has 2 aromatic carbocycles. The molecule has 0 spiro atoms. The van der Waals surface area contributed by atoms with E-state index >= 15 is 0 Å². The van der Waals surface area contributed by atoms with Gasteiger partial charge in [-0.2, -0.15) is 0 Å². The molecule has 6 nitrogen and oxygen atoms in total. The first-order valence-electron chi connectivity index (χ1n) is 9.58. The van der Waals surface area contributed by atoms with Gasteiger partial charge in [-0.15, -0.1) is 0 Å². The summed E-state index contributed by atoms with van der Waals surface area (Å²) in [5.74, 6) is -0.893. The van der Waals surface area contributed by atoms with Crippen LogP contribution in [0.15, 0.2) is 67.0 Å². The van der Waals surface area contributed by atoms with E-state index < -0.39 is 0 Å². The van der Waals surface area contributed by atoms with E-state index in [0.717, 1.165) is 22.4 Å². The second kappa shape index (κ2) is 10.2. The molecule has 3 aromatic rings. The van der Waals surface area contributed by atoms with Gasteiger partial charge < -0.3 is 16.0 Å². The van der Waals surface area contributed by atoms with E-state index in [1.165, 1.54) is 25.4 Å². The smallest absolute Gasteiger partial charge is 0.253 e. The van der Waals surface area contributed by atoms with Gasteiger partial charge in [0.15, 0.2) is 0 Å². The highest BCUT2D eigenvalue weighted by Crippen LogP contribution is 2.28. The molecule has 30 heavy (non-hydrogen) atoms. The van der Waals surface area contributed by atoms with Crippen LogP contribution < -0.4 is 16.0 Å². The van der Waals surface area contributed by atoms with Crippen molar-refractivity contribution >= 4 is 17.5 Å². The molecule has 154 valence electrons. The number of nitrogens with zero attached hydrogens (tertiary/aromatic N) is 1. The highest BCUT2D eigenvalue weighted by atomic mass is 19.1. The third-order valence-corrected chi connectivity index (χ3v) is 4.54. The summed E-state index contributed by atoms with van der Waals surface area (Å²) in [6.07, 6.45) is 3.82. The van der Waals surface area contributed by atoms with Crippen molar-refractivity contribution in [3.8, 4) is 11.1 Å². The molecule has 0 radical (unpaired) electrons. The minimum absolute atomic E-state index is 0.0994. The van der Waals surface area contributed by atoms with Crippen LogP contribution in [0.1, 0.15) is 15.9 Å². The zero-order chi connectivity index (χ0) is 21.3. The molecule has 0 fully saturated rings. The minimum atomic E-state index is -0.371. The van der Waals surface area contributed by atoms with E-state index in [9.17, 15) is 14.0 Å². The molecule has 0 atom stereocenters. The van der Waals surface area contributed by atoms with E-state index in [0.29, 0.717) is 18.5 Å². The Labute approximate surface area is 174 Å². The lowest BCUT2D eigenvalue weighted by Gasteiger charge is -2.13. The molecule has 0 aliphatic heterocycles. The molecule has 7 heteroatoms. The van der Waals surface area contributed by atoms with Gasteiger partial charge in [-0.1, -0.05) is 30.3 Å². The normalized spacial score (nSPS) is 10.3. The number of rotatable bonds is 8. The molecule has 0 saturated carbocycles. The van der Waals surface area contributed by atoms with Gasteiger partial charge in [-0.05, 0) is 36.2 Å². The van der Waals surface area contributed by atoms with Crippen molar-refractivity contribution in [3.05, 3.63) is 83.9 Å². The molecule has 0 saturated heterocycles. The van der Waals surface area contributed by atoms with Gasteiger partial charge in [0.1, 0.15) is 5.82 Å². The van der Waals surface area contributed by atoms with E-state index in [-0.39, 0.29) is 24.2 Å². The van der Waals surface area contributed by atoms with Crippen molar-refractivity contribution in [1.82, 2.24) is 15.6 Å². The lowest BCUT2D eigenvalue weighted by Crippen LogP contribution is -2.35. The number of pyridine rings is 1. The first-order chi connectivity index (χ1) is 14.6. The third kappa shape index (κ3) is 5.64. The Kier molecular flexibility index (Phi) is 7.10. The highest BCUT2D eigenvalue weighted by Gasteiger charge is 2.11. The number of carbonyl (C=O) groups is 2. The monoisotopic (exact) mass is 406 g/mol. The average Bonchev–Trinajstić information content (AvgIpc) is 2.77. The van der Waals surface area contributed by atoms with E-state index in [1.807, 2.05) is 30.3 Å². The number of nitrogens with one attached hydrogen (secondary N) is 3. The van der Waals surface area contributed by atoms with Crippen molar-refractivity contribution in [2.75, 3.05) is 25.5 Å². The number of benzene rings is 2. The minimum Gasteiger partial charge on any atom is -0.384 e. The van der Waals surface area contributed by atoms with Crippen molar-refractivity contribution in [2.24, 2.45) is 0 Å². The van der Waals surface area contributed by atoms with Crippen molar-refractivity contribution in [1.29, 1.82) is 0 Å². The number of carbonyl (C=O) groups excluding carboxylic acids is 2. The number of amides is 2. The van der Waals surface area contributed by atoms with Gasteiger partial charge in [0.2, 0.25) is 5.91 Å². The van der Waals surface area contributed by atoms with Crippen molar-refractivity contribution < 1.29 is 14.0 Å². The fourth-order valence-corrected chi connectivity index (χ4v) is 2.99. The Hall–Kier alpha value is -3.74. The fourth-order valence-electron chi connectivity index (χ4n) is 2.99. The number of likely N-dealkylation sites (N-methyl/N-ethyl adjacent to an activating group) is 1. The Morgan fingerprint density at radius 2 is 1.87 bits per heavy atom. The topological polar surface area (TPSA) is 83.1 Å². The quantitative estimate of drug-likeness (QED) is 0.537. The molecule has 0 aliphatic carbocycles. The average molecular weight is 406 g/mol. The highest BCUT2D eigenvalue weighted by molar-refractivity contribution is 5.97. The summed E-state index contributed by atoms with van der Waals surface area (Å²) in [7, 11) is 1.51. The Morgan fingerprint density at radius 1 is 1.03 bits per heavy atom. The maximum absolute atomic E-state index is 13.3. The molecule has 0 bridgehead atoms. The summed E-state index contributed by atoms with van der Waals surface area (Å²) in [6.45, 7) is 0.526. The van der Waals surface area contributed by atoms with Gasteiger partial charge in [0.25, 0.3) is 5.91 Å². The molecule has 3 rings (SSSR count). The summed E-state index contributed by atoms with van der Waals surface area (Å²) < 4.78 is 13.3. The molecular weight excluding hydrogens is 383 g/mol. The number of halogens is 1. The standard InChI is InChI=1S/C23H23FN4O2/c1-25-22(29)15-28-23(30)18-12-17(13-26-14-18)20-7-2-3-8-21(20)27-10-9-16-5-4-6-19(24)11-16/h2-8,11-14,27H,9-10,15H2,1H3,(H,25,29)(H,28,30). The number of hydrogen-bond donors (Lipinski definition) is 3. The van der Waals surface area contributed by atoms with Gasteiger partial charge in [0, 0.05) is 42.8 Å².